The molecule has 2 nitrogen and oxygen atoms in total. The summed E-state index contributed by atoms with van der Waals surface area (Å²) in [6.07, 6.45) is 3.76. The Labute approximate surface area is 76.5 Å². The maximum absolute atomic E-state index is 5.70. The minimum Gasteiger partial charge on any atom is -0.300 e. The Hall–Kier alpha value is -0.830. The van der Waals surface area contributed by atoms with Crippen LogP contribution in [0.1, 0.15) is 5.56 Å². The van der Waals surface area contributed by atoms with Gasteiger partial charge in [0.15, 0.2) is 0 Å². The van der Waals surface area contributed by atoms with Crippen molar-refractivity contribution in [1.29, 1.82) is 0 Å². The average Bonchev–Trinajstić information content (AvgIpc) is 2.09. The first-order chi connectivity index (χ1) is 5.83. The molecular formula is C9H10ClNO. The molecule has 1 aromatic rings. The van der Waals surface area contributed by atoms with Crippen LogP contribution in [0.4, 0.5) is 0 Å². The molecule has 0 atom stereocenters. The van der Waals surface area contributed by atoms with E-state index >= 15 is 0 Å². The highest BCUT2D eigenvalue weighted by Gasteiger charge is 1.86. The topological polar surface area (TPSA) is 35.2 Å². The van der Waals surface area contributed by atoms with Crippen LogP contribution in [0, 0.1) is 0 Å². The number of hydrogen-bond acceptors (Lipinski definition) is 2. The van der Waals surface area contributed by atoms with E-state index in [0.717, 1.165) is 10.6 Å². The third-order valence-electron chi connectivity index (χ3n) is 1.37. The fourth-order valence-corrected chi connectivity index (χ4v) is 0.940. The van der Waals surface area contributed by atoms with E-state index in [0.29, 0.717) is 6.61 Å². The van der Waals surface area contributed by atoms with Crippen molar-refractivity contribution in [3.63, 3.8) is 0 Å². The molecule has 0 fully saturated rings. The smallest absolute Gasteiger partial charge is 0.0864 e. The zero-order valence-electron chi connectivity index (χ0n) is 6.53. The van der Waals surface area contributed by atoms with Crippen molar-refractivity contribution in [3.8, 4) is 0 Å². The zero-order chi connectivity index (χ0) is 8.81. The number of benzene rings is 1. The fourth-order valence-electron chi connectivity index (χ4n) is 0.814. The van der Waals surface area contributed by atoms with Crippen molar-refractivity contribution >= 4 is 17.7 Å². The van der Waals surface area contributed by atoms with Gasteiger partial charge in [-0.2, -0.15) is 0 Å². The lowest BCUT2D eigenvalue weighted by molar-refractivity contribution is 0.168. The summed E-state index contributed by atoms with van der Waals surface area (Å²) in [7, 11) is 0. The van der Waals surface area contributed by atoms with Crippen molar-refractivity contribution in [2.24, 2.45) is 5.90 Å². The first-order valence-corrected chi connectivity index (χ1v) is 3.94. The van der Waals surface area contributed by atoms with Crippen LogP contribution < -0.4 is 5.90 Å². The summed E-state index contributed by atoms with van der Waals surface area (Å²) in [5, 5.41) is 0.738. The molecule has 1 rings (SSSR count). The normalized spacial score (nSPS) is 10.8. The van der Waals surface area contributed by atoms with E-state index in [2.05, 4.69) is 4.84 Å². The van der Waals surface area contributed by atoms with Crippen molar-refractivity contribution in [2.45, 2.75) is 0 Å². The largest absolute Gasteiger partial charge is 0.300 e. The van der Waals surface area contributed by atoms with Gasteiger partial charge in [-0.25, -0.2) is 5.90 Å². The number of nitrogens with two attached hydrogens (primary N) is 1. The van der Waals surface area contributed by atoms with Crippen molar-refractivity contribution < 1.29 is 4.84 Å². The minimum absolute atomic E-state index is 0.419. The van der Waals surface area contributed by atoms with Gasteiger partial charge in [-0.3, -0.25) is 0 Å². The van der Waals surface area contributed by atoms with Crippen LogP contribution >= 0.6 is 11.6 Å². The summed E-state index contributed by atoms with van der Waals surface area (Å²) < 4.78 is 0. The molecule has 3 heteroatoms. The van der Waals surface area contributed by atoms with Gasteiger partial charge < -0.3 is 4.84 Å². The molecule has 64 valence electrons. The molecular weight excluding hydrogens is 174 g/mol. The summed E-state index contributed by atoms with van der Waals surface area (Å²) in [4.78, 5) is 4.37. The maximum Gasteiger partial charge on any atom is 0.0864 e. The van der Waals surface area contributed by atoms with Crippen LogP contribution in [0.3, 0.4) is 0 Å². The minimum atomic E-state index is 0.419. The molecule has 0 amide bonds. The zero-order valence-corrected chi connectivity index (χ0v) is 7.29. The molecule has 1 aromatic carbocycles. The lowest BCUT2D eigenvalue weighted by atomic mass is 10.2. The number of rotatable bonds is 3. The van der Waals surface area contributed by atoms with Gasteiger partial charge in [0.1, 0.15) is 0 Å². The summed E-state index contributed by atoms with van der Waals surface area (Å²) in [6.45, 7) is 0.419. The molecule has 0 radical (unpaired) electrons. The Balaban J connectivity index is 2.58. The molecule has 0 spiro atoms. The van der Waals surface area contributed by atoms with Gasteiger partial charge in [-0.1, -0.05) is 35.9 Å². The SMILES string of the molecule is NOCC=Cc1ccc(Cl)cc1. The van der Waals surface area contributed by atoms with Crippen LogP contribution in [0.2, 0.25) is 5.02 Å². The summed E-state index contributed by atoms with van der Waals surface area (Å²) in [5.41, 5.74) is 1.08. The summed E-state index contributed by atoms with van der Waals surface area (Å²) in [6, 6.07) is 7.53. The van der Waals surface area contributed by atoms with Crippen LogP contribution in [-0.4, -0.2) is 6.61 Å². The molecule has 0 aliphatic carbocycles. The van der Waals surface area contributed by atoms with Crippen LogP contribution in [0.15, 0.2) is 30.3 Å². The Morgan fingerprint density at radius 3 is 2.58 bits per heavy atom. The van der Waals surface area contributed by atoms with E-state index in [9.17, 15) is 0 Å². The van der Waals surface area contributed by atoms with Gasteiger partial charge >= 0.3 is 0 Å². The predicted octanol–water partition coefficient (Wildman–Crippen LogP) is 2.24. The summed E-state index contributed by atoms with van der Waals surface area (Å²) >= 11 is 5.70. The number of halogens is 1. The van der Waals surface area contributed by atoms with Crippen molar-refractivity contribution in [1.82, 2.24) is 0 Å². The van der Waals surface area contributed by atoms with Crippen LogP contribution in [-0.2, 0) is 4.84 Å². The van der Waals surface area contributed by atoms with Gasteiger partial charge in [-0.15, -0.1) is 0 Å². The van der Waals surface area contributed by atoms with Gasteiger partial charge in [0.05, 0.1) is 6.61 Å². The second-order valence-corrected chi connectivity index (χ2v) is 2.72. The molecule has 0 heterocycles. The van der Waals surface area contributed by atoms with E-state index < -0.39 is 0 Å². The second-order valence-electron chi connectivity index (χ2n) is 2.29. The van der Waals surface area contributed by atoms with Crippen LogP contribution in [0.5, 0.6) is 0 Å². The Bertz CT molecular complexity index is 256. The van der Waals surface area contributed by atoms with Crippen molar-refractivity contribution in [2.75, 3.05) is 6.61 Å². The average molecular weight is 184 g/mol. The van der Waals surface area contributed by atoms with E-state index in [1.54, 1.807) is 0 Å². The molecule has 0 unspecified atom stereocenters. The first kappa shape index (κ1) is 9.26. The molecule has 0 saturated carbocycles. The van der Waals surface area contributed by atoms with E-state index in [-0.39, 0.29) is 0 Å². The number of hydrogen-bond donors (Lipinski definition) is 1. The van der Waals surface area contributed by atoms with Gasteiger partial charge in [-0.05, 0) is 17.7 Å². The molecule has 0 aliphatic rings. The maximum atomic E-state index is 5.70. The molecule has 12 heavy (non-hydrogen) atoms. The predicted molar refractivity (Wildman–Crippen MR) is 50.6 cm³/mol. The molecule has 0 aromatic heterocycles. The Morgan fingerprint density at radius 1 is 1.33 bits per heavy atom. The highest BCUT2D eigenvalue weighted by atomic mass is 35.5. The van der Waals surface area contributed by atoms with E-state index in [1.807, 2.05) is 36.4 Å². The third-order valence-corrected chi connectivity index (χ3v) is 1.62. The molecule has 2 N–H and O–H groups in total. The van der Waals surface area contributed by atoms with Crippen molar-refractivity contribution in [3.05, 3.63) is 40.9 Å². The standard InChI is InChI=1S/C9H10ClNO/c10-9-5-3-8(4-6-9)2-1-7-12-11/h1-6H,7,11H2. The van der Waals surface area contributed by atoms with Crippen LogP contribution in [0.25, 0.3) is 6.08 Å². The lowest BCUT2D eigenvalue weighted by Crippen LogP contribution is -1.96. The Morgan fingerprint density at radius 2 is 2.00 bits per heavy atom. The second kappa shape index (κ2) is 4.93. The first-order valence-electron chi connectivity index (χ1n) is 3.56. The fraction of sp³-hybridized carbons (Fsp3) is 0.111. The van der Waals surface area contributed by atoms with Gasteiger partial charge in [0.2, 0.25) is 0 Å². The molecule has 0 aliphatic heterocycles. The third kappa shape index (κ3) is 3.05. The monoisotopic (exact) mass is 183 g/mol. The van der Waals surface area contributed by atoms with E-state index in [1.165, 1.54) is 0 Å². The Kier molecular flexibility index (Phi) is 3.80. The summed E-state index contributed by atoms with van der Waals surface area (Å²) in [5.74, 6) is 4.84. The lowest BCUT2D eigenvalue weighted by Gasteiger charge is -1.92. The van der Waals surface area contributed by atoms with E-state index in [4.69, 9.17) is 17.5 Å². The van der Waals surface area contributed by atoms with Gasteiger partial charge in [0, 0.05) is 5.02 Å². The van der Waals surface area contributed by atoms with Gasteiger partial charge in [0.25, 0.3) is 0 Å². The molecule has 0 bridgehead atoms. The molecule has 0 saturated heterocycles. The highest BCUT2D eigenvalue weighted by molar-refractivity contribution is 6.30. The quantitative estimate of drug-likeness (QED) is 0.730. The highest BCUT2D eigenvalue weighted by Crippen LogP contribution is 2.10.